The van der Waals surface area contributed by atoms with E-state index in [0.717, 1.165) is 36.1 Å². The highest BCUT2D eigenvalue weighted by Gasteiger charge is 2.31. The van der Waals surface area contributed by atoms with Crippen LogP contribution in [0.2, 0.25) is 0 Å². The van der Waals surface area contributed by atoms with Crippen molar-refractivity contribution in [1.29, 1.82) is 0 Å². The molecule has 29 heavy (non-hydrogen) atoms. The smallest absolute Gasteiger partial charge is 0.266 e. The molecule has 0 radical (unpaired) electrons. The van der Waals surface area contributed by atoms with Crippen molar-refractivity contribution < 1.29 is 4.79 Å². The van der Waals surface area contributed by atoms with Crippen molar-refractivity contribution in [3.8, 4) is 0 Å². The molecule has 0 unspecified atom stereocenters. The van der Waals surface area contributed by atoms with Crippen LogP contribution in [-0.4, -0.2) is 53.9 Å². The van der Waals surface area contributed by atoms with Crippen LogP contribution < -0.4 is 5.32 Å². The first kappa shape index (κ1) is 20.2. The minimum Gasteiger partial charge on any atom is -0.313 e. The molecule has 1 saturated heterocycles. The SMILES string of the molecule is Cc1sc(NC(=O)c2cccs2)c([C@H](c2ccncc2)N2CCN(C)CC2)c1C. The van der Waals surface area contributed by atoms with Crippen LogP contribution in [0, 0.1) is 13.8 Å². The number of aryl methyl sites for hydroxylation is 1. The van der Waals surface area contributed by atoms with Gasteiger partial charge in [0.05, 0.1) is 10.9 Å². The van der Waals surface area contributed by atoms with E-state index in [9.17, 15) is 4.79 Å². The lowest BCUT2D eigenvalue weighted by molar-refractivity contribution is 0.103. The van der Waals surface area contributed by atoms with Crippen molar-refractivity contribution in [1.82, 2.24) is 14.8 Å². The lowest BCUT2D eigenvalue weighted by Gasteiger charge is -2.38. The number of nitrogens with one attached hydrogen (secondary N) is 1. The number of hydrogen-bond donors (Lipinski definition) is 1. The topological polar surface area (TPSA) is 48.5 Å². The molecule has 1 aliphatic heterocycles. The van der Waals surface area contributed by atoms with E-state index in [4.69, 9.17) is 0 Å². The van der Waals surface area contributed by atoms with Gasteiger partial charge in [0.1, 0.15) is 5.00 Å². The summed E-state index contributed by atoms with van der Waals surface area (Å²) in [7, 11) is 2.17. The van der Waals surface area contributed by atoms with Crippen molar-refractivity contribution in [2.75, 3.05) is 38.5 Å². The molecule has 0 aromatic carbocycles. The van der Waals surface area contributed by atoms with Gasteiger partial charge in [0.25, 0.3) is 5.91 Å². The Morgan fingerprint density at radius 1 is 1.14 bits per heavy atom. The Balaban J connectivity index is 1.75. The number of thiophene rings is 2. The molecule has 4 heterocycles. The average Bonchev–Trinajstić information content (AvgIpc) is 3.35. The maximum absolute atomic E-state index is 12.8. The predicted octanol–water partition coefficient (Wildman–Crippen LogP) is 4.41. The summed E-state index contributed by atoms with van der Waals surface area (Å²) in [5, 5.41) is 6.10. The molecular formula is C22H26N4OS2. The number of pyridine rings is 1. The van der Waals surface area contributed by atoms with E-state index in [1.54, 1.807) is 11.3 Å². The molecule has 4 rings (SSSR count). The second-order valence-corrected chi connectivity index (χ2v) is 9.65. The molecule has 1 fully saturated rings. The summed E-state index contributed by atoms with van der Waals surface area (Å²) in [6.07, 6.45) is 3.72. The maximum Gasteiger partial charge on any atom is 0.266 e. The number of rotatable bonds is 5. The standard InChI is InChI=1S/C22H26N4OS2/c1-15-16(2)29-22(24-21(27)18-5-4-14-28-18)19(15)20(17-6-8-23-9-7-17)26-12-10-25(3)11-13-26/h4-9,14,20H,10-13H2,1-3H3,(H,24,27)/t20-/m0/s1. The fourth-order valence-corrected chi connectivity index (χ4v) is 5.53. The fraction of sp³-hybridized carbons (Fsp3) is 0.364. The monoisotopic (exact) mass is 426 g/mol. The molecule has 3 aromatic rings. The summed E-state index contributed by atoms with van der Waals surface area (Å²) in [4.78, 5) is 23.9. The molecule has 0 aliphatic carbocycles. The first-order valence-corrected chi connectivity index (χ1v) is 11.5. The molecule has 0 bridgehead atoms. The van der Waals surface area contributed by atoms with Crippen LogP contribution in [0.15, 0.2) is 42.0 Å². The number of anilines is 1. The van der Waals surface area contributed by atoms with Gasteiger partial charge in [0.2, 0.25) is 0 Å². The Kier molecular flexibility index (Phi) is 6.10. The summed E-state index contributed by atoms with van der Waals surface area (Å²) in [5.41, 5.74) is 3.70. The fourth-order valence-electron chi connectivity index (χ4n) is 3.83. The quantitative estimate of drug-likeness (QED) is 0.657. The molecule has 152 valence electrons. The van der Waals surface area contributed by atoms with Crippen molar-refractivity contribution in [2.24, 2.45) is 0 Å². The van der Waals surface area contributed by atoms with E-state index >= 15 is 0 Å². The van der Waals surface area contributed by atoms with Crippen LogP contribution in [-0.2, 0) is 0 Å². The summed E-state index contributed by atoms with van der Waals surface area (Å²) in [6.45, 7) is 8.39. The molecule has 1 atom stereocenters. The highest BCUT2D eigenvalue weighted by molar-refractivity contribution is 7.17. The van der Waals surface area contributed by atoms with Crippen LogP contribution >= 0.6 is 22.7 Å². The third-order valence-corrected chi connectivity index (χ3v) is 7.61. The van der Waals surface area contributed by atoms with Crippen molar-refractivity contribution in [3.63, 3.8) is 0 Å². The first-order chi connectivity index (χ1) is 14.0. The molecule has 1 aliphatic rings. The van der Waals surface area contributed by atoms with Crippen LogP contribution in [0.25, 0.3) is 0 Å². The number of aromatic nitrogens is 1. The number of piperazine rings is 1. The first-order valence-electron chi connectivity index (χ1n) is 9.82. The molecule has 0 spiro atoms. The van der Waals surface area contributed by atoms with Gasteiger partial charge in [-0.05, 0) is 55.6 Å². The lowest BCUT2D eigenvalue weighted by Crippen LogP contribution is -2.46. The van der Waals surface area contributed by atoms with E-state index in [1.807, 2.05) is 29.9 Å². The van der Waals surface area contributed by atoms with Crippen LogP contribution in [0.1, 0.15) is 37.3 Å². The van der Waals surface area contributed by atoms with Gasteiger partial charge >= 0.3 is 0 Å². The zero-order valence-corrected chi connectivity index (χ0v) is 18.6. The highest BCUT2D eigenvalue weighted by atomic mass is 32.1. The van der Waals surface area contributed by atoms with Gasteiger partial charge in [-0.1, -0.05) is 6.07 Å². The summed E-state index contributed by atoms with van der Waals surface area (Å²) < 4.78 is 0. The van der Waals surface area contributed by atoms with Crippen LogP contribution in [0.4, 0.5) is 5.00 Å². The number of hydrogen-bond acceptors (Lipinski definition) is 6. The second-order valence-electron chi connectivity index (χ2n) is 7.48. The van der Waals surface area contributed by atoms with Gasteiger partial charge in [-0.25, -0.2) is 0 Å². The van der Waals surface area contributed by atoms with Crippen molar-refractivity contribution in [2.45, 2.75) is 19.9 Å². The Hall–Kier alpha value is -2.06. The van der Waals surface area contributed by atoms with E-state index in [2.05, 4.69) is 53.1 Å². The van der Waals surface area contributed by atoms with Crippen molar-refractivity contribution >= 4 is 33.6 Å². The number of nitrogens with zero attached hydrogens (tertiary/aromatic N) is 3. The molecule has 3 aromatic heterocycles. The normalized spacial score (nSPS) is 16.7. The van der Waals surface area contributed by atoms with E-state index in [-0.39, 0.29) is 11.9 Å². The van der Waals surface area contributed by atoms with Gasteiger partial charge in [-0.3, -0.25) is 14.7 Å². The molecule has 1 amide bonds. The van der Waals surface area contributed by atoms with Gasteiger partial charge < -0.3 is 10.2 Å². The minimum atomic E-state index is -0.0330. The zero-order valence-electron chi connectivity index (χ0n) is 17.0. The van der Waals surface area contributed by atoms with Crippen LogP contribution in [0.5, 0.6) is 0 Å². The van der Waals surface area contributed by atoms with Gasteiger partial charge in [0.15, 0.2) is 0 Å². The second kappa shape index (κ2) is 8.75. The van der Waals surface area contributed by atoms with Gasteiger partial charge in [0, 0.05) is 49.0 Å². The number of carbonyl (C=O) groups excluding carboxylic acids is 1. The van der Waals surface area contributed by atoms with E-state index in [0.29, 0.717) is 0 Å². The third kappa shape index (κ3) is 4.28. The molecule has 0 saturated carbocycles. The third-order valence-electron chi connectivity index (χ3n) is 5.60. The maximum atomic E-state index is 12.8. The van der Waals surface area contributed by atoms with Crippen molar-refractivity contribution in [3.05, 3.63) is 68.5 Å². The van der Waals surface area contributed by atoms with Gasteiger partial charge in [-0.15, -0.1) is 22.7 Å². The molecule has 5 nitrogen and oxygen atoms in total. The van der Waals surface area contributed by atoms with Crippen LogP contribution in [0.3, 0.4) is 0 Å². The Morgan fingerprint density at radius 3 is 2.52 bits per heavy atom. The number of likely N-dealkylation sites (N-methyl/N-ethyl adjacent to an activating group) is 1. The summed E-state index contributed by atoms with van der Waals surface area (Å²) >= 11 is 3.14. The average molecular weight is 427 g/mol. The van der Waals surface area contributed by atoms with E-state index in [1.165, 1.54) is 32.9 Å². The molecule has 7 heteroatoms. The summed E-state index contributed by atoms with van der Waals surface area (Å²) in [6, 6.07) is 8.08. The largest absolute Gasteiger partial charge is 0.313 e. The predicted molar refractivity (Wildman–Crippen MR) is 121 cm³/mol. The number of carbonyl (C=O) groups is 1. The lowest BCUT2D eigenvalue weighted by atomic mass is 9.95. The summed E-state index contributed by atoms with van der Waals surface area (Å²) in [5.74, 6) is -0.0330. The van der Waals surface area contributed by atoms with Gasteiger partial charge in [-0.2, -0.15) is 0 Å². The molecule has 1 N–H and O–H groups in total. The highest BCUT2D eigenvalue weighted by Crippen LogP contribution is 2.42. The minimum absolute atomic E-state index is 0.0330. The Bertz CT molecular complexity index is 960. The number of amides is 1. The Labute approximate surface area is 180 Å². The molecular weight excluding hydrogens is 400 g/mol. The zero-order chi connectivity index (χ0) is 20.4. The Morgan fingerprint density at radius 2 is 1.86 bits per heavy atom. The van der Waals surface area contributed by atoms with E-state index < -0.39 is 0 Å².